The molecule has 5 heteroatoms. The highest BCUT2D eigenvalue weighted by atomic mass is 35.5. The minimum Gasteiger partial charge on any atom is -0.407 e. The van der Waals surface area contributed by atoms with Crippen LogP contribution in [0, 0.1) is 0 Å². The van der Waals surface area contributed by atoms with Crippen LogP contribution >= 0.6 is 23.2 Å². The third kappa shape index (κ3) is 2.26. The number of hydrogen-bond donors (Lipinski definition) is 0. The monoisotopic (exact) mass is 255 g/mol. The molecule has 0 radical (unpaired) electrons. The van der Waals surface area contributed by atoms with Gasteiger partial charge in [0.2, 0.25) is 0 Å². The van der Waals surface area contributed by atoms with Gasteiger partial charge in [-0.3, -0.25) is 0 Å². The lowest BCUT2D eigenvalue weighted by atomic mass is 10.2. The Labute approximate surface area is 102 Å². The average Bonchev–Trinajstić information content (AvgIpc) is 2.51. The van der Waals surface area contributed by atoms with Crippen LogP contribution < -0.4 is 0 Å². The molecule has 0 aromatic heterocycles. The Morgan fingerprint density at radius 1 is 1.31 bits per heavy atom. The first kappa shape index (κ1) is 11.2. The van der Waals surface area contributed by atoms with Gasteiger partial charge in [0.25, 0.3) is 0 Å². The van der Waals surface area contributed by atoms with Crippen molar-refractivity contribution in [1.82, 2.24) is 0 Å². The molecule has 0 saturated heterocycles. The Morgan fingerprint density at radius 2 is 2.06 bits per heavy atom. The number of halogens is 2. The number of esters is 1. The Kier molecular flexibility index (Phi) is 2.99. The topological polar surface area (TPSA) is 38.7 Å². The summed E-state index contributed by atoms with van der Waals surface area (Å²) in [7, 11) is 0. The van der Waals surface area contributed by atoms with Crippen molar-refractivity contribution < 1.29 is 9.53 Å². The zero-order valence-electron chi connectivity index (χ0n) is 8.33. The molecule has 0 atom stereocenters. The predicted molar refractivity (Wildman–Crippen MR) is 63.6 cm³/mol. The zero-order chi connectivity index (χ0) is 11.7. The maximum absolute atomic E-state index is 11.3. The summed E-state index contributed by atoms with van der Waals surface area (Å²) in [5, 5.41) is 0.903. The van der Waals surface area contributed by atoms with Crippen molar-refractivity contribution in [2.45, 2.75) is 6.92 Å². The Balaban J connectivity index is 2.36. The normalized spacial score (nSPS) is 17.6. The van der Waals surface area contributed by atoms with Crippen LogP contribution in [0.1, 0.15) is 12.5 Å². The number of carbonyl (C=O) groups is 1. The number of nitrogens with zero attached hydrogens (tertiary/aromatic N) is 1. The van der Waals surface area contributed by atoms with E-state index >= 15 is 0 Å². The number of hydrogen-bond acceptors (Lipinski definition) is 3. The third-order valence-corrected chi connectivity index (χ3v) is 2.71. The van der Waals surface area contributed by atoms with E-state index in [0.717, 1.165) is 5.56 Å². The van der Waals surface area contributed by atoms with Crippen LogP contribution in [0.15, 0.2) is 28.9 Å². The van der Waals surface area contributed by atoms with Crippen LogP contribution in [0.4, 0.5) is 0 Å². The van der Waals surface area contributed by atoms with E-state index in [1.165, 1.54) is 0 Å². The average molecular weight is 256 g/mol. The Bertz CT molecular complexity index is 521. The van der Waals surface area contributed by atoms with Crippen molar-refractivity contribution in [3.8, 4) is 0 Å². The molecule has 1 aliphatic heterocycles. The summed E-state index contributed by atoms with van der Waals surface area (Å²) in [6.45, 7) is 1.62. The summed E-state index contributed by atoms with van der Waals surface area (Å²) in [4.78, 5) is 15.2. The molecule has 0 N–H and O–H groups in total. The molecule has 0 unspecified atom stereocenters. The molecule has 82 valence electrons. The highest BCUT2D eigenvalue weighted by Crippen LogP contribution is 2.24. The number of cyclic esters (lactones) is 1. The fourth-order valence-electron chi connectivity index (χ4n) is 1.28. The lowest BCUT2D eigenvalue weighted by molar-refractivity contribution is -0.130. The van der Waals surface area contributed by atoms with E-state index in [4.69, 9.17) is 27.9 Å². The van der Waals surface area contributed by atoms with Crippen LogP contribution in [0.25, 0.3) is 6.08 Å². The van der Waals surface area contributed by atoms with E-state index in [1.807, 2.05) is 0 Å². The maximum atomic E-state index is 11.3. The number of ether oxygens (including phenoxy) is 1. The molecule has 2 rings (SSSR count). The summed E-state index contributed by atoms with van der Waals surface area (Å²) >= 11 is 11.6. The van der Waals surface area contributed by atoms with Gasteiger partial charge in [-0.05, 0) is 23.8 Å². The largest absolute Gasteiger partial charge is 0.407 e. The Hall–Kier alpha value is -1.32. The van der Waals surface area contributed by atoms with Crippen LogP contribution in [-0.4, -0.2) is 11.9 Å². The summed E-state index contributed by atoms with van der Waals surface area (Å²) in [6, 6.07) is 5.07. The molecule has 0 aliphatic carbocycles. The fraction of sp³-hybridized carbons (Fsp3) is 0.0909. The minimum absolute atomic E-state index is 0.260. The number of benzene rings is 1. The molecule has 0 amide bonds. The second kappa shape index (κ2) is 4.28. The van der Waals surface area contributed by atoms with Gasteiger partial charge in [0.15, 0.2) is 11.6 Å². The van der Waals surface area contributed by atoms with E-state index < -0.39 is 5.97 Å². The molecule has 3 nitrogen and oxygen atoms in total. The van der Waals surface area contributed by atoms with E-state index in [9.17, 15) is 4.79 Å². The van der Waals surface area contributed by atoms with Crippen molar-refractivity contribution in [3.05, 3.63) is 39.5 Å². The molecule has 1 aromatic rings. The molecule has 0 bridgehead atoms. The first-order valence-corrected chi connectivity index (χ1v) is 5.26. The van der Waals surface area contributed by atoms with Crippen molar-refractivity contribution >= 4 is 41.1 Å². The van der Waals surface area contributed by atoms with Gasteiger partial charge >= 0.3 is 5.97 Å². The minimum atomic E-state index is -0.455. The number of carbonyl (C=O) groups excluding carboxylic acids is 1. The van der Waals surface area contributed by atoms with Crippen molar-refractivity contribution in [3.63, 3.8) is 0 Å². The van der Waals surface area contributed by atoms with Gasteiger partial charge in [-0.25, -0.2) is 9.79 Å². The van der Waals surface area contributed by atoms with Gasteiger partial charge in [-0.2, -0.15) is 0 Å². The lowest BCUT2D eigenvalue weighted by Crippen LogP contribution is -1.99. The van der Waals surface area contributed by atoms with Crippen LogP contribution in [0.3, 0.4) is 0 Å². The molecule has 1 heterocycles. The molecule has 1 aliphatic rings. The van der Waals surface area contributed by atoms with E-state index in [-0.39, 0.29) is 5.70 Å². The summed E-state index contributed by atoms with van der Waals surface area (Å²) in [6.07, 6.45) is 1.60. The van der Waals surface area contributed by atoms with Crippen molar-refractivity contribution in [2.24, 2.45) is 4.99 Å². The van der Waals surface area contributed by atoms with Crippen molar-refractivity contribution in [1.29, 1.82) is 0 Å². The third-order valence-electron chi connectivity index (χ3n) is 1.97. The predicted octanol–water partition coefficient (Wildman–Crippen LogP) is 3.31. The van der Waals surface area contributed by atoms with Gasteiger partial charge < -0.3 is 4.74 Å². The van der Waals surface area contributed by atoms with Gasteiger partial charge in [-0.15, -0.1) is 0 Å². The summed E-state index contributed by atoms with van der Waals surface area (Å²) in [5.41, 5.74) is 1.01. The van der Waals surface area contributed by atoms with Gasteiger partial charge in [0.05, 0.1) is 10.0 Å². The highest BCUT2D eigenvalue weighted by Gasteiger charge is 2.19. The second-order valence-electron chi connectivity index (χ2n) is 3.22. The van der Waals surface area contributed by atoms with Crippen LogP contribution in [-0.2, 0) is 9.53 Å². The van der Waals surface area contributed by atoms with Crippen molar-refractivity contribution in [2.75, 3.05) is 0 Å². The Morgan fingerprint density at radius 3 is 2.62 bits per heavy atom. The molecular formula is C11H7Cl2NO2. The standard InChI is InChI=1S/C11H7Cl2NO2/c1-6-14-10(11(15)16-6)5-7-2-3-8(12)9(13)4-7/h2-5H,1H3/b10-5+. The molecule has 16 heavy (non-hydrogen) atoms. The molecule has 0 saturated carbocycles. The van der Waals surface area contributed by atoms with E-state index in [0.29, 0.717) is 15.9 Å². The molecule has 0 spiro atoms. The van der Waals surface area contributed by atoms with Gasteiger partial charge in [0, 0.05) is 6.92 Å². The first-order chi connectivity index (χ1) is 7.56. The zero-order valence-corrected chi connectivity index (χ0v) is 9.84. The number of rotatable bonds is 1. The summed E-state index contributed by atoms with van der Waals surface area (Å²) in [5.74, 6) is -0.111. The van der Waals surface area contributed by atoms with Gasteiger partial charge in [0.1, 0.15) is 0 Å². The van der Waals surface area contributed by atoms with E-state index in [1.54, 1.807) is 31.2 Å². The molecule has 0 fully saturated rings. The number of aliphatic imine (C=N–C) groups is 1. The fourth-order valence-corrected chi connectivity index (χ4v) is 1.58. The SMILES string of the molecule is CC1=N/C(=C/c2ccc(Cl)c(Cl)c2)C(=O)O1. The van der Waals surface area contributed by atoms with Crippen LogP contribution in [0.5, 0.6) is 0 Å². The molecule has 1 aromatic carbocycles. The quantitative estimate of drug-likeness (QED) is 0.571. The highest BCUT2D eigenvalue weighted by molar-refractivity contribution is 6.42. The van der Waals surface area contributed by atoms with Crippen LogP contribution in [0.2, 0.25) is 10.0 Å². The van der Waals surface area contributed by atoms with E-state index in [2.05, 4.69) is 4.99 Å². The lowest BCUT2D eigenvalue weighted by Gasteiger charge is -1.97. The molecular weight excluding hydrogens is 249 g/mol. The smallest absolute Gasteiger partial charge is 0.363 e. The summed E-state index contributed by atoms with van der Waals surface area (Å²) < 4.78 is 4.78. The second-order valence-corrected chi connectivity index (χ2v) is 4.04. The first-order valence-electron chi connectivity index (χ1n) is 4.50. The van der Waals surface area contributed by atoms with Gasteiger partial charge in [-0.1, -0.05) is 29.3 Å². The maximum Gasteiger partial charge on any atom is 0.363 e.